The van der Waals surface area contributed by atoms with Crippen molar-refractivity contribution in [2.75, 3.05) is 20.1 Å². The monoisotopic (exact) mass is 371 g/mol. The van der Waals surface area contributed by atoms with Crippen LogP contribution in [0.5, 0.6) is 0 Å². The maximum absolute atomic E-state index is 4.73. The molecule has 5 nitrogen and oxygen atoms in total. The molecule has 0 amide bonds. The maximum atomic E-state index is 4.73. The third-order valence-electron chi connectivity index (χ3n) is 4.83. The second-order valence-electron chi connectivity index (χ2n) is 6.98. The Morgan fingerprint density at radius 2 is 2.00 bits per heavy atom. The second kappa shape index (κ2) is 9.14. The van der Waals surface area contributed by atoms with E-state index < -0.39 is 0 Å². The van der Waals surface area contributed by atoms with Crippen LogP contribution in [0.3, 0.4) is 0 Å². The van der Waals surface area contributed by atoms with Gasteiger partial charge in [0.1, 0.15) is 5.01 Å². The topological polar surface area (TPSA) is 52.6 Å². The second-order valence-corrected chi connectivity index (χ2v) is 7.84. The molecule has 140 valence electrons. The summed E-state index contributed by atoms with van der Waals surface area (Å²) in [7, 11) is 1.83. The zero-order valence-electron chi connectivity index (χ0n) is 15.9. The molecule has 2 aromatic rings. The van der Waals surface area contributed by atoms with Crippen LogP contribution in [0, 0.1) is 0 Å². The lowest BCUT2D eigenvalue weighted by atomic mass is 10.0. The molecule has 1 aliphatic heterocycles. The average Bonchev–Trinajstić information content (AvgIpc) is 3.15. The summed E-state index contributed by atoms with van der Waals surface area (Å²) in [5, 5.41) is 10.1. The highest BCUT2D eigenvalue weighted by molar-refractivity contribution is 7.13. The van der Waals surface area contributed by atoms with Gasteiger partial charge in [0.15, 0.2) is 5.96 Å². The fourth-order valence-electron chi connectivity index (χ4n) is 3.22. The van der Waals surface area contributed by atoms with Crippen molar-refractivity contribution in [1.82, 2.24) is 20.5 Å². The summed E-state index contributed by atoms with van der Waals surface area (Å²) in [5.74, 6) is 0.863. The number of piperidine rings is 1. The number of nitrogens with one attached hydrogen (secondary N) is 2. The van der Waals surface area contributed by atoms with Crippen LogP contribution >= 0.6 is 11.3 Å². The van der Waals surface area contributed by atoms with Gasteiger partial charge in [-0.15, -0.1) is 11.3 Å². The first-order valence-corrected chi connectivity index (χ1v) is 10.2. The number of guanidine groups is 1. The Bertz CT molecular complexity index is 702. The van der Waals surface area contributed by atoms with E-state index in [0.717, 1.165) is 42.6 Å². The van der Waals surface area contributed by atoms with Crippen LogP contribution in [-0.4, -0.2) is 48.1 Å². The number of hydrogen-bond acceptors (Lipinski definition) is 4. The number of thiazole rings is 1. The Kier molecular flexibility index (Phi) is 6.63. The smallest absolute Gasteiger partial charge is 0.191 e. The van der Waals surface area contributed by atoms with Crippen LogP contribution in [0.15, 0.2) is 40.7 Å². The van der Waals surface area contributed by atoms with Crippen molar-refractivity contribution in [3.63, 3.8) is 0 Å². The molecule has 0 spiro atoms. The Morgan fingerprint density at radius 1 is 1.27 bits per heavy atom. The highest BCUT2D eigenvalue weighted by Gasteiger charge is 2.21. The maximum Gasteiger partial charge on any atom is 0.191 e. The van der Waals surface area contributed by atoms with E-state index in [9.17, 15) is 0 Å². The highest BCUT2D eigenvalue weighted by Crippen LogP contribution is 2.23. The van der Waals surface area contributed by atoms with Crippen molar-refractivity contribution < 1.29 is 0 Å². The molecule has 6 heteroatoms. The van der Waals surface area contributed by atoms with Crippen molar-refractivity contribution in [2.24, 2.45) is 4.99 Å². The molecule has 1 aromatic carbocycles. The summed E-state index contributed by atoms with van der Waals surface area (Å²) < 4.78 is 0. The van der Waals surface area contributed by atoms with Crippen LogP contribution < -0.4 is 10.6 Å². The van der Waals surface area contributed by atoms with Gasteiger partial charge in [0.25, 0.3) is 0 Å². The van der Waals surface area contributed by atoms with Crippen LogP contribution in [-0.2, 0) is 6.54 Å². The summed E-state index contributed by atoms with van der Waals surface area (Å²) in [6.45, 7) is 7.53. The highest BCUT2D eigenvalue weighted by atomic mass is 32.1. The standard InChI is InChI=1S/C20H29N5S/c1-15(2)25-11-9-17(10-12-25)24-20(21-3)22-13-18-14-26-19(23-18)16-7-5-4-6-8-16/h4-8,14-15,17H,9-13H2,1-3H3,(H2,21,22,24). The van der Waals surface area contributed by atoms with Crippen molar-refractivity contribution in [2.45, 2.75) is 45.3 Å². The van der Waals surface area contributed by atoms with E-state index in [1.807, 2.05) is 25.2 Å². The predicted octanol–water partition coefficient (Wildman–Crippen LogP) is 3.35. The van der Waals surface area contributed by atoms with Crippen molar-refractivity contribution in [3.05, 3.63) is 41.4 Å². The molecule has 0 saturated carbocycles. The van der Waals surface area contributed by atoms with Crippen LogP contribution in [0.25, 0.3) is 10.6 Å². The fraction of sp³-hybridized carbons (Fsp3) is 0.500. The first-order valence-electron chi connectivity index (χ1n) is 9.36. The zero-order chi connectivity index (χ0) is 18.4. The molecule has 1 aromatic heterocycles. The van der Waals surface area contributed by atoms with Gasteiger partial charge in [-0.05, 0) is 26.7 Å². The van der Waals surface area contributed by atoms with E-state index in [4.69, 9.17) is 4.98 Å². The zero-order valence-corrected chi connectivity index (χ0v) is 16.7. The predicted molar refractivity (Wildman–Crippen MR) is 111 cm³/mol. The van der Waals surface area contributed by atoms with Crippen LogP contribution in [0.1, 0.15) is 32.4 Å². The van der Waals surface area contributed by atoms with Gasteiger partial charge >= 0.3 is 0 Å². The molecule has 1 fully saturated rings. The Balaban J connectivity index is 1.48. The SMILES string of the molecule is CN=C(NCc1csc(-c2ccccc2)n1)NC1CCN(C(C)C)CC1. The Labute approximate surface area is 160 Å². The number of aliphatic imine (C=N–C) groups is 1. The summed E-state index contributed by atoms with van der Waals surface area (Å²) in [6.07, 6.45) is 2.32. The third-order valence-corrected chi connectivity index (χ3v) is 5.77. The van der Waals surface area contributed by atoms with Crippen LogP contribution in [0.2, 0.25) is 0 Å². The van der Waals surface area contributed by atoms with Crippen molar-refractivity contribution in [3.8, 4) is 10.6 Å². The van der Waals surface area contributed by atoms with E-state index in [-0.39, 0.29) is 0 Å². The number of benzene rings is 1. The van der Waals surface area contributed by atoms with Crippen molar-refractivity contribution in [1.29, 1.82) is 0 Å². The number of hydrogen-bond donors (Lipinski definition) is 2. The van der Waals surface area contributed by atoms with Crippen molar-refractivity contribution >= 4 is 17.3 Å². The molecule has 0 radical (unpaired) electrons. The molecule has 1 aliphatic rings. The van der Waals surface area contributed by atoms with Gasteiger partial charge in [-0.2, -0.15) is 0 Å². The molecule has 0 unspecified atom stereocenters. The lowest BCUT2D eigenvalue weighted by molar-refractivity contribution is 0.167. The van der Waals surface area contributed by atoms with Gasteiger partial charge in [0.2, 0.25) is 0 Å². The normalized spacial score (nSPS) is 16.8. The van der Waals surface area contributed by atoms with Gasteiger partial charge < -0.3 is 15.5 Å². The van der Waals surface area contributed by atoms with Gasteiger partial charge in [-0.3, -0.25) is 4.99 Å². The first kappa shape index (κ1) is 18.9. The van der Waals surface area contributed by atoms with Crippen LogP contribution in [0.4, 0.5) is 0 Å². The Hall–Kier alpha value is -1.92. The number of nitrogens with zero attached hydrogens (tertiary/aromatic N) is 3. The van der Waals surface area contributed by atoms with Gasteiger partial charge in [0, 0.05) is 43.2 Å². The average molecular weight is 372 g/mol. The van der Waals surface area contributed by atoms with Gasteiger partial charge in [-0.25, -0.2) is 4.98 Å². The lowest BCUT2D eigenvalue weighted by Crippen LogP contribution is -2.49. The molecular weight excluding hydrogens is 342 g/mol. The van der Waals surface area contributed by atoms with E-state index in [2.05, 4.69) is 51.9 Å². The molecule has 26 heavy (non-hydrogen) atoms. The molecular formula is C20H29N5S. The molecule has 3 rings (SSSR count). The minimum absolute atomic E-state index is 0.492. The quantitative estimate of drug-likeness (QED) is 0.625. The molecule has 2 heterocycles. The summed E-state index contributed by atoms with van der Waals surface area (Å²) in [4.78, 5) is 11.6. The number of aromatic nitrogens is 1. The van der Waals surface area contributed by atoms with Gasteiger partial charge in [-0.1, -0.05) is 30.3 Å². The van der Waals surface area contributed by atoms with E-state index in [1.165, 1.54) is 5.56 Å². The lowest BCUT2D eigenvalue weighted by Gasteiger charge is -2.35. The number of rotatable bonds is 5. The third kappa shape index (κ3) is 5.05. The summed E-state index contributed by atoms with van der Waals surface area (Å²) in [6, 6.07) is 11.4. The molecule has 1 saturated heterocycles. The molecule has 2 N–H and O–H groups in total. The minimum atomic E-state index is 0.492. The van der Waals surface area contributed by atoms with E-state index >= 15 is 0 Å². The molecule has 0 aliphatic carbocycles. The minimum Gasteiger partial charge on any atom is -0.354 e. The molecule has 0 atom stereocenters. The van der Waals surface area contributed by atoms with E-state index in [0.29, 0.717) is 18.6 Å². The molecule has 0 bridgehead atoms. The van der Waals surface area contributed by atoms with Gasteiger partial charge in [0.05, 0.1) is 12.2 Å². The Morgan fingerprint density at radius 3 is 2.65 bits per heavy atom. The fourth-order valence-corrected chi connectivity index (χ4v) is 4.05. The summed E-state index contributed by atoms with van der Waals surface area (Å²) >= 11 is 1.68. The summed E-state index contributed by atoms with van der Waals surface area (Å²) in [5.41, 5.74) is 2.22. The van der Waals surface area contributed by atoms with E-state index in [1.54, 1.807) is 11.3 Å². The largest absolute Gasteiger partial charge is 0.354 e. The number of likely N-dealkylation sites (tertiary alicyclic amines) is 1. The first-order chi connectivity index (χ1) is 12.7.